The van der Waals surface area contributed by atoms with Gasteiger partial charge in [0.1, 0.15) is 11.2 Å². The van der Waals surface area contributed by atoms with Crippen LogP contribution in [-0.2, 0) is 28.6 Å². The molecule has 0 saturated heterocycles. The van der Waals surface area contributed by atoms with Gasteiger partial charge in [0.15, 0.2) is 0 Å². The Morgan fingerprint density at radius 2 is 1.35 bits per heavy atom. The van der Waals surface area contributed by atoms with E-state index < -0.39 is 35.2 Å². The number of carbonyl (C=O) groups is 3. The predicted molar refractivity (Wildman–Crippen MR) is 71.9 cm³/mol. The normalized spacial score (nSPS) is 13.3. The van der Waals surface area contributed by atoms with Crippen molar-refractivity contribution < 1.29 is 28.6 Å². The molecule has 0 radical (unpaired) electrons. The molecule has 0 amide bonds. The summed E-state index contributed by atoms with van der Waals surface area (Å²) in [4.78, 5) is 34.6. The molecule has 116 valence electrons. The van der Waals surface area contributed by atoms with E-state index in [1.54, 1.807) is 41.5 Å². The van der Waals surface area contributed by atoms with Gasteiger partial charge >= 0.3 is 17.9 Å². The summed E-state index contributed by atoms with van der Waals surface area (Å²) in [6, 6.07) is 0. The molecule has 0 aliphatic carbocycles. The lowest BCUT2D eigenvalue weighted by Gasteiger charge is -2.24. The maximum atomic E-state index is 11.9. The van der Waals surface area contributed by atoms with Gasteiger partial charge in [0.25, 0.3) is 0 Å². The molecular formula is C14H24O6. The van der Waals surface area contributed by atoms with E-state index in [4.69, 9.17) is 14.2 Å². The maximum absolute atomic E-state index is 11.9. The van der Waals surface area contributed by atoms with Gasteiger partial charge in [-0.3, -0.25) is 9.59 Å². The van der Waals surface area contributed by atoms with Crippen LogP contribution in [0.15, 0.2) is 0 Å². The molecule has 0 aromatic heterocycles. The molecule has 0 aromatic rings. The molecule has 1 unspecified atom stereocenters. The summed E-state index contributed by atoms with van der Waals surface area (Å²) in [7, 11) is 0. The predicted octanol–water partition coefficient (Wildman–Crippen LogP) is 1.99. The zero-order valence-corrected chi connectivity index (χ0v) is 13.2. The zero-order valence-electron chi connectivity index (χ0n) is 13.2. The SMILES string of the molecule is CC(=O)OC(CC(=O)OC(C)(C)C)C(=O)OC(C)(C)C. The second-order valence-electron chi connectivity index (χ2n) is 6.42. The number of hydrogen-bond donors (Lipinski definition) is 0. The minimum atomic E-state index is -1.29. The van der Waals surface area contributed by atoms with Crippen molar-refractivity contribution in [2.24, 2.45) is 0 Å². The Hall–Kier alpha value is -1.59. The van der Waals surface area contributed by atoms with E-state index in [-0.39, 0.29) is 6.42 Å². The quantitative estimate of drug-likeness (QED) is 0.581. The number of carbonyl (C=O) groups excluding carboxylic acids is 3. The van der Waals surface area contributed by atoms with Crippen molar-refractivity contribution in [3.8, 4) is 0 Å². The third-order valence-corrected chi connectivity index (χ3v) is 1.75. The number of rotatable bonds is 4. The summed E-state index contributed by atoms with van der Waals surface area (Å²) in [6.45, 7) is 11.3. The molecule has 20 heavy (non-hydrogen) atoms. The average Bonchev–Trinajstić information content (AvgIpc) is 2.09. The van der Waals surface area contributed by atoms with Gasteiger partial charge in [-0.05, 0) is 41.5 Å². The standard InChI is InChI=1S/C14H24O6/c1-9(15)18-10(12(17)20-14(5,6)7)8-11(16)19-13(2,3)4/h10H,8H2,1-7H3. The Kier molecular flexibility index (Phi) is 6.19. The van der Waals surface area contributed by atoms with Crippen LogP contribution in [0.5, 0.6) is 0 Å². The Labute approximate surface area is 119 Å². The molecule has 0 saturated carbocycles. The fraction of sp³-hybridized carbons (Fsp3) is 0.786. The topological polar surface area (TPSA) is 78.9 Å². The van der Waals surface area contributed by atoms with Crippen LogP contribution >= 0.6 is 0 Å². The van der Waals surface area contributed by atoms with Gasteiger partial charge in [0.05, 0.1) is 6.42 Å². The Balaban J connectivity index is 4.77. The summed E-state index contributed by atoms with van der Waals surface area (Å²) >= 11 is 0. The number of ether oxygens (including phenoxy) is 3. The first-order chi connectivity index (χ1) is 8.80. The summed E-state index contributed by atoms with van der Waals surface area (Å²) in [5, 5.41) is 0. The van der Waals surface area contributed by atoms with Crippen LogP contribution in [0.25, 0.3) is 0 Å². The summed E-state index contributed by atoms with van der Waals surface area (Å²) in [6.07, 6.45) is -1.66. The van der Waals surface area contributed by atoms with Crippen LogP contribution in [-0.4, -0.2) is 35.2 Å². The van der Waals surface area contributed by atoms with E-state index in [2.05, 4.69) is 0 Å². The second-order valence-corrected chi connectivity index (χ2v) is 6.42. The van der Waals surface area contributed by atoms with Crippen LogP contribution in [0.2, 0.25) is 0 Å². The van der Waals surface area contributed by atoms with Crippen LogP contribution in [0.1, 0.15) is 54.9 Å². The molecule has 0 rings (SSSR count). The largest absolute Gasteiger partial charge is 0.460 e. The van der Waals surface area contributed by atoms with Crippen LogP contribution < -0.4 is 0 Å². The molecule has 0 aliphatic rings. The first-order valence-corrected chi connectivity index (χ1v) is 6.42. The summed E-state index contributed by atoms with van der Waals surface area (Å²) in [5.41, 5.74) is -1.41. The van der Waals surface area contributed by atoms with Crippen molar-refractivity contribution in [2.45, 2.75) is 72.2 Å². The molecule has 0 heterocycles. The molecule has 6 heteroatoms. The van der Waals surface area contributed by atoms with Gasteiger partial charge in [-0.1, -0.05) is 0 Å². The Bertz CT molecular complexity index is 372. The van der Waals surface area contributed by atoms with Gasteiger partial charge in [-0.15, -0.1) is 0 Å². The maximum Gasteiger partial charge on any atom is 0.348 e. The Morgan fingerprint density at radius 1 is 0.900 bits per heavy atom. The fourth-order valence-electron chi connectivity index (χ4n) is 1.28. The zero-order chi connectivity index (χ0) is 16.1. The number of hydrogen-bond acceptors (Lipinski definition) is 6. The van der Waals surface area contributed by atoms with Gasteiger partial charge in [-0.2, -0.15) is 0 Å². The van der Waals surface area contributed by atoms with Crippen molar-refractivity contribution in [2.75, 3.05) is 0 Å². The fourth-order valence-corrected chi connectivity index (χ4v) is 1.28. The molecule has 0 aromatic carbocycles. The molecule has 0 bridgehead atoms. The van der Waals surface area contributed by atoms with Crippen molar-refractivity contribution in [3.63, 3.8) is 0 Å². The highest BCUT2D eigenvalue weighted by Gasteiger charge is 2.31. The molecule has 6 nitrogen and oxygen atoms in total. The van der Waals surface area contributed by atoms with E-state index in [1.807, 2.05) is 0 Å². The first-order valence-electron chi connectivity index (χ1n) is 6.42. The summed E-state index contributed by atoms with van der Waals surface area (Å²) in [5.74, 6) is -2.06. The van der Waals surface area contributed by atoms with Crippen molar-refractivity contribution >= 4 is 17.9 Å². The second kappa shape index (κ2) is 6.72. The van der Waals surface area contributed by atoms with E-state index >= 15 is 0 Å². The van der Waals surface area contributed by atoms with Crippen LogP contribution in [0.3, 0.4) is 0 Å². The highest BCUT2D eigenvalue weighted by molar-refractivity contribution is 5.84. The van der Waals surface area contributed by atoms with Crippen LogP contribution in [0, 0.1) is 0 Å². The molecule has 0 aliphatic heterocycles. The third-order valence-electron chi connectivity index (χ3n) is 1.75. The van der Waals surface area contributed by atoms with E-state index in [9.17, 15) is 14.4 Å². The van der Waals surface area contributed by atoms with Gasteiger partial charge < -0.3 is 14.2 Å². The van der Waals surface area contributed by atoms with Crippen molar-refractivity contribution in [1.82, 2.24) is 0 Å². The monoisotopic (exact) mass is 288 g/mol. The highest BCUT2D eigenvalue weighted by Crippen LogP contribution is 2.15. The van der Waals surface area contributed by atoms with Gasteiger partial charge in [0.2, 0.25) is 6.10 Å². The van der Waals surface area contributed by atoms with Crippen LogP contribution in [0.4, 0.5) is 0 Å². The molecule has 0 N–H and O–H groups in total. The van der Waals surface area contributed by atoms with Gasteiger partial charge in [0, 0.05) is 6.92 Å². The number of esters is 3. The molecular weight excluding hydrogens is 264 g/mol. The van der Waals surface area contributed by atoms with Crippen molar-refractivity contribution in [1.29, 1.82) is 0 Å². The molecule has 0 fully saturated rings. The smallest absolute Gasteiger partial charge is 0.348 e. The van der Waals surface area contributed by atoms with E-state index in [0.29, 0.717) is 0 Å². The van der Waals surface area contributed by atoms with E-state index in [0.717, 1.165) is 6.92 Å². The average molecular weight is 288 g/mol. The lowest BCUT2D eigenvalue weighted by atomic mass is 10.1. The van der Waals surface area contributed by atoms with E-state index in [1.165, 1.54) is 0 Å². The first kappa shape index (κ1) is 18.4. The third kappa shape index (κ3) is 9.35. The minimum absolute atomic E-state index is 0.369. The highest BCUT2D eigenvalue weighted by atomic mass is 16.6. The van der Waals surface area contributed by atoms with Gasteiger partial charge in [-0.25, -0.2) is 4.79 Å². The molecule has 0 spiro atoms. The molecule has 1 atom stereocenters. The Morgan fingerprint density at radius 3 is 1.70 bits per heavy atom. The lowest BCUT2D eigenvalue weighted by molar-refractivity contribution is -0.180. The minimum Gasteiger partial charge on any atom is -0.460 e. The lowest BCUT2D eigenvalue weighted by Crippen LogP contribution is -2.37. The van der Waals surface area contributed by atoms with Crippen molar-refractivity contribution in [3.05, 3.63) is 0 Å². The summed E-state index contributed by atoms with van der Waals surface area (Å²) < 4.78 is 15.0.